The van der Waals surface area contributed by atoms with Crippen LogP contribution in [0.1, 0.15) is 15.9 Å². The predicted octanol–water partition coefficient (Wildman–Crippen LogP) is 4.42. The van der Waals surface area contributed by atoms with Crippen molar-refractivity contribution in [2.75, 3.05) is 0 Å². The number of halogens is 1. The highest BCUT2D eigenvalue weighted by Gasteiger charge is 2.10. The van der Waals surface area contributed by atoms with Crippen LogP contribution in [0.25, 0.3) is 10.8 Å². The average Bonchev–Trinajstić information content (AvgIpc) is 2.53. The molecular formula is C18H14ClNO. The van der Waals surface area contributed by atoms with Crippen molar-refractivity contribution >= 4 is 28.3 Å². The highest BCUT2D eigenvalue weighted by Crippen LogP contribution is 2.25. The SMILES string of the molecule is O=C(NCc1ccccc1)c1cccc2c(Cl)cccc12. The molecule has 0 saturated carbocycles. The Bertz CT molecular complexity index is 784. The molecule has 3 aromatic rings. The van der Waals surface area contributed by atoms with Crippen molar-refractivity contribution in [2.24, 2.45) is 0 Å². The number of hydrogen-bond donors (Lipinski definition) is 1. The lowest BCUT2D eigenvalue weighted by Gasteiger charge is -2.09. The number of benzene rings is 3. The average molecular weight is 296 g/mol. The lowest BCUT2D eigenvalue weighted by molar-refractivity contribution is 0.0952. The standard InChI is InChI=1S/C18H14ClNO/c19-17-11-5-8-14-15(17)9-4-10-16(14)18(21)20-12-13-6-2-1-3-7-13/h1-11H,12H2,(H,20,21). The molecule has 0 aromatic heterocycles. The van der Waals surface area contributed by atoms with E-state index in [4.69, 9.17) is 11.6 Å². The summed E-state index contributed by atoms with van der Waals surface area (Å²) in [6.45, 7) is 0.511. The normalized spacial score (nSPS) is 10.5. The van der Waals surface area contributed by atoms with Crippen LogP contribution in [0.4, 0.5) is 0 Å². The van der Waals surface area contributed by atoms with Crippen LogP contribution < -0.4 is 5.32 Å². The summed E-state index contributed by atoms with van der Waals surface area (Å²) in [6.07, 6.45) is 0. The van der Waals surface area contributed by atoms with Crippen molar-refractivity contribution in [2.45, 2.75) is 6.54 Å². The van der Waals surface area contributed by atoms with E-state index in [-0.39, 0.29) is 5.91 Å². The Morgan fingerprint density at radius 2 is 1.57 bits per heavy atom. The number of carbonyl (C=O) groups excluding carboxylic acids is 1. The van der Waals surface area contributed by atoms with E-state index in [1.807, 2.05) is 66.7 Å². The first kappa shape index (κ1) is 13.7. The largest absolute Gasteiger partial charge is 0.348 e. The third-order valence-corrected chi connectivity index (χ3v) is 3.74. The van der Waals surface area contributed by atoms with Crippen molar-refractivity contribution in [3.05, 3.63) is 82.9 Å². The number of hydrogen-bond acceptors (Lipinski definition) is 1. The van der Waals surface area contributed by atoms with Gasteiger partial charge in [0.15, 0.2) is 0 Å². The van der Waals surface area contributed by atoms with E-state index in [1.165, 1.54) is 0 Å². The topological polar surface area (TPSA) is 29.1 Å². The molecule has 3 heteroatoms. The molecule has 0 fully saturated rings. The molecule has 0 radical (unpaired) electrons. The van der Waals surface area contributed by atoms with Crippen molar-refractivity contribution in [1.82, 2.24) is 5.32 Å². The first-order valence-electron chi connectivity index (χ1n) is 6.75. The maximum Gasteiger partial charge on any atom is 0.252 e. The monoisotopic (exact) mass is 295 g/mol. The number of amides is 1. The van der Waals surface area contributed by atoms with E-state index in [0.717, 1.165) is 16.3 Å². The van der Waals surface area contributed by atoms with Gasteiger partial charge in [-0.05, 0) is 23.1 Å². The van der Waals surface area contributed by atoms with Crippen molar-refractivity contribution in [1.29, 1.82) is 0 Å². The number of nitrogens with one attached hydrogen (secondary N) is 1. The Labute approximate surface area is 128 Å². The van der Waals surface area contributed by atoms with Gasteiger partial charge in [0.25, 0.3) is 5.91 Å². The van der Waals surface area contributed by atoms with Gasteiger partial charge in [0.05, 0.1) is 0 Å². The van der Waals surface area contributed by atoms with E-state index in [2.05, 4.69) is 5.32 Å². The van der Waals surface area contributed by atoms with E-state index in [0.29, 0.717) is 17.1 Å². The zero-order chi connectivity index (χ0) is 14.7. The Kier molecular flexibility index (Phi) is 3.89. The molecule has 0 aliphatic rings. The fourth-order valence-corrected chi connectivity index (χ4v) is 2.58. The zero-order valence-corrected chi connectivity index (χ0v) is 12.1. The molecule has 1 N–H and O–H groups in total. The van der Waals surface area contributed by atoms with Gasteiger partial charge in [0.2, 0.25) is 0 Å². The molecule has 3 aromatic carbocycles. The van der Waals surface area contributed by atoms with Crippen molar-refractivity contribution < 1.29 is 4.79 Å². The Morgan fingerprint density at radius 3 is 2.38 bits per heavy atom. The van der Waals surface area contributed by atoms with Crippen LogP contribution in [-0.2, 0) is 6.54 Å². The molecule has 0 aliphatic heterocycles. The summed E-state index contributed by atoms with van der Waals surface area (Å²) in [5.41, 5.74) is 1.72. The van der Waals surface area contributed by atoms with E-state index < -0.39 is 0 Å². The Balaban J connectivity index is 1.87. The van der Waals surface area contributed by atoms with Crippen LogP contribution in [0.2, 0.25) is 5.02 Å². The van der Waals surface area contributed by atoms with Gasteiger partial charge in [-0.3, -0.25) is 4.79 Å². The molecule has 0 aliphatic carbocycles. The van der Waals surface area contributed by atoms with Gasteiger partial charge in [-0.25, -0.2) is 0 Å². The second kappa shape index (κ2) is 5.98. The smallest absolute Gasteiger partial charge is 0.252 e. The van der Waals surface area contributed by atoms with Gasteiger partial charge in [-0.1, -0.05) is 66.2 Å². The maximum absolute atomic E-state index is 12.4. The predicted molar refractivity (Wildman–Crippen MR) is 86.6 cm³/mol. The molecule has 0 saturated heterocycles. The summed E-state index contributed by atoms with van der Waals surface area (Å²) in [4.78, 5) is 12.4. The minimum Gasteiger partial charge on any atom is -0.348 e. The van der Waals surface area contributed by atoms with Gasteiger partial charge < -0.3 is 5.32 Å². The first-order chi connectivity index (χ1) is 10.3. The second-order valence-electron chi connectivity index (χ2n) is 4.81. The van der Waals surface area contributed by atoms with Gasteiger partial charge in [-0.15, -0.1) is 0 Å². The lowest BCUT2D eigenvalue weighted by Crippen LogP contribution is -2.22. The lowest BCUT2D eigenvalue weighted by atomic mass is 10.0. The summed E-state index contributed by atoms with van der Waals surface area (Å²) < 4.78 is 0. The number of rotatable bonds is 3. The van der Waals surface area contributed by atoms with Gasteiger partial charge in [0, 0.05) is 22.5 Å². The van der Waals surface area contributed by atoms with Gasteiger partial charge in [0.1, 0.15) is 0 Å². The minimum absolute atomic E-state index is 0.0910. The summed E-state index contributed by atoms with van der Waals surface area (Å²) in [5.74, 6) is -0.0910. The first-order valence-corrected chi connectivity index (χ1v) is 7.13. The quantitative estimate of drug-likeness (QED) is 0.761. The Morgan fingerprint density at radius 1 is 0.857 bits per heavy atom. The van der Waals surface area contributed by atoms with Crippen molar-refractivity contribution in [3.63, 3.8) is 0 Å². The van der Waals surface area contributed by atoms with Crippen LogP contribution >= 0.6 is 11.6 Å². The van der Waals surface area contributed by atoms with Gasteiger partial charge >= 0.3 is 0 Å². The fraction of sp³-hybridized carbons (Fsp3) is 0.0556. The molecule has 0 heterocycles. The summed E-state index contributed by atoms with van der Waals surface area (Å²) in [5, 5.41) is 5.37. The van der Waals surface area contributed by atoms with Crippen LogP contribution in [0.5, 0.6) is 0 Å². The third kappa shape index (κ3) is 2.91. The molecule has 2 nitrogen and oxygen atoms in total. The highest BCUT2D eigenvalue weighted by atomic mass is 35.5. The van der Waals surface area contributed by atoms with Crippen LogP contribution in [-0.4, -0.2) is 5.91 Å². The van der Waals surface area contributed by atoms with Crippen LogP contribution in [0.15, 0.2) is 66.7 Å². The highest BCUT2D eigenvalue weighted by molar-refractivity contribution is 6.36. The summed E-state index contributed by atoms with van der Waals surface area (Å²) in [6, 6.07) is 21.0. The molecule has 1 amide bonds. The van der Waals surface area contributed by atoms with Crippen LogP contribution in [0.3, 0.4) is 0 Å². The maximum atomic E-state index is 12.4. The van der Waals surface area contributed by atoms with Gasteiger partial charge in [-0.2, -0.15) is 0 Å². The fourth-order valence-electron chi connectivity index (χ4n) is 2.34. The van der Waals surface area contributed by atoms with E-state index in [9.17, 15) is 4.79 Å². The molecule has 0 atom stereocenters. The number of fused-ring (bicyclic) bond motifs is 1. The molecule has 104 valence electrons. The molecule has 0 bridgehead atoms. The summed E-state index contributed by atoms with van der Waals surface area (Å²) in [7, 11) is 0. The minimum atomic E-state index is -0.0910. The second-order valence-corrected chi connectivity index (χ2v) is 5.22. The summed E-state index contributed by atoms with van der Waals surface area (Å²) >= 11 is 6.17. The molecule has 3 rings (SSSR count). The van der Waals surface area contributed by atoms with E-state index in [1.54, 1.807) is 0 Å². The Hall–Kier alpha value is -2.32. The van der Waals surface area contributed by atoms with Crippen molar-refractivity contribution in [3.8, 4) is 0 Å². The zero-order valence-electron chi connectivity index (χ0n) is 11.3. The molecule has 0 unspecified atom stereocenters. The number of carbonyl (C=O) groups is 1. The van der Waals surface area contributed by atoms with E-state index >= 15 is 0 Å². The molecule has 21 heavy (non-hydrogen) atoms. The molecular weight excluding hydrogens is 282 g/mol. The molecule has 0 spiro atoms. The third-order valence-electron chi connectivity index (χ3n) is 3.41. The van der Waals surface area contributed by atoms with Crippen LogP contribution in [0, 0.1) is 0 Å².